The first-order valence-electron chi connectivity index (χ1n) is 3.64. The predicted molar refractivity (Wildman–Crippen MR) is 41.8 cm³/mol. The molecule has 0 spiro atoms. The Morgan fingerprint density at radius 2 is 2.21 bits per heavy atom. The highest BCUT2D eigenvalue weighted by Crippen LogP contribution is 2.17. The van der Waals surface area contributed by atoms with Crippen LogP contribution in [0.15, 0.2) is 10.8 Å². The topological polar surface area (TPSA) is 35.3 Å². The van der Waals surface area contributed by atoms with Crippen LogP contribution in [0, 0.1) is 0 Å². The summed E-state index contributed by atoms with van der Waals surface area (Å²) in [5.74, 6) is 0.311. The Kier molecular flexibility index (Phi) is 3.77. The van der Waals surface area contributed by atoms with Crippen LogP contribution in [0.4, 0.5) is 13.2 Å². The third-order valence-corrected chi connectivity index (χ3v) is 1.60. The molecule has 0 aliphatic heterocycles. The van der Waals surface area contributed by atoms with Gasteiger partial charge in [-0.2, -0.15) is 13.2 Å². The number of halogens is 4. The van der Waals surface area contributed by atoms with Crippen LogP contribution in [-0.2, 0) is 17.2 Å². The fourth-order valence-electron chi connectivity index (χ4n) is 0.779. The molecular weight excluding hydrogens is 223 g/mol. The highest BCUT2D eigenvalue weighted by atomic mass is 35.5. The predicted octanol–water partition coefficient (Wildman–Crippen LogP) is 2.49. The standard InChI is InChI=1S/C7H7ClF3NO2/c8-1-5-6(14-4-12-5)2-13-3-7(9,10)11/h4H,1-3H2. The van der Waals surface area contributed by atoms with Gasteiger partial charge in [-0.25, -0.2) is 4.98 Å². The van der Waals surface area contributed by atoms with Crippen LogP contribution in [0.3, 0.4) is 0 Å². The normalized spacial score (nSPS) is 12.0. The number of hydrogen-bond donors (Lipinski definition) is 0. The van der Waals surface area contributed by atoms with Gasteiger partial charge in [0, 0.05) is 0 Å². The van der Waals surface area contributed by atoms with E-state index >= 15 is 0 Å². The van der Waals surface area contributed by atoms with Crippen molar-refractivity contribution in [1.29, 1.82) is 0 Å². The minimum Gasteiger partial charge on any atom is -0.446 e. The van der Waals surface area contributed by atoms with Crippen LogP contribution >= 0.6 is 11.6 Å². The maximum atomic E-state index is 11.7. The molecule has 0 saturated carbocycles. The van der Waals surface area contributed by atoms with Gasteiger partial charge in [0.15, 0.2) is 12.2 Å². The van der Waals surface area contributed by atoms with E-state index < -0.39 is 12.8 Å². The lowest BCUT2D eigenvalue weighted by Gasteiger charge is -2.05. The smallest absolute Gasteiger partial charge is 0.411 e. The van der Waals surface area contributed by atoms with Gasteiger partial charge in [-0.15, -0.1) is 11.6 Å². The van der Waals surface area contributed by atoms with Gasteiger partial charge < -0.3 is 9.15 Å². The first kappa shape index (κ1) is 11.3. The number of rotatable bonds is 4. The van der Waals surface area contributed by atoms with Gasteiger partial charge in [-0.3, -0.25) is 0 Å². The number of nitrogens with zero attached hydrogens (tertiary/aromatic N) is 1. The molecule has 0 amide bonds. The molecule has 0 saturated heterocycles. The van der Waals surface area contributed by atoms with Gasteiger partial charge in [0.25, 0.3) is 0 Å². The van der Waals surface area contributed by atoms with E-state index in [-0.39, 0.29) is 18.2 Å². The number of aromatic nitrogens is 1. The molecule has 1 aromatic rings. The molecule has 0 radical (unpaired) electrons. The molecular formula is C7H7ClF3NO2. The summed E-state index contributed by atoms with van der Waals surface area (Å²) >= 11 is 5.44. The van der Waals surface area contributed by atoms with Gasteiger partial charge in [-0.05, 0) is 0 Å². The van der Waals surface area contributed by atoms with E-state index in [2.05, 4.69) is 9.72 Å². The van der Waals surface area contributed by atoms with Crippen LogP contribution < -0.4 is 0 Å². The van der Waals surface area contributed by atoms with Crippen molar-refractivity contribution in [2.45, 2.75) is 18.7 Å². The van der Waals surface area contributed by atoms with E-state index in [1.54, 1.807) is 0 Å². The highest BCUT2D eigenvalue weighted by Gasteiger charge is 2.27. The van der Waals surface area contributed by atoms with Gasteiger partial charge in [-0.1, -0.05) is 0 Å². The minimum atomic E-state index is -4.33. The molecule has 3 nitrogen and oxygen atoms in total. The molecule has 14 heavy (non-hydrogen) atoms. The molecule has 1 heterocycles. The summed E-state index contributed by atoms with van der Waals surface area (Å²) in [5, 5.41) is 0. The van der Waals surface area contributed by atoms with Crippen molar-refractivity contribution in [3.63, 3.8) is 0 Å². The summed E-state index contributed by atoms with van der Waals surface area (Å²) in [4.78, 5) is 3.69. The largest absolute Gasteiger partial charge is 0.446 e. The average Bonchev–Trinajstić information content (AvgIpc) is 2.49. The fraction of sp³-hybridized carbons (Fsp3) is 0.571. The Morgan fingerprint density at radius 3 is 2.79 bits per heavy atom. The van der Waals surface area contributed by atoms with Crippen LogP contribution in [-0.4, -0.2) is 17.8 Å². The molecule has 1 rings (SSSR count). The minimum absolute atomic E-state index is 0.0845. The van der Waals surface area contributed by atoms with Crippen molar-refractivity contribution in [2.75, 3.05) is 6.61 Å². The lowest BCUT2D eigenvalue weighted by Crippen LogP contribution is -2.16. The molecule has 1 aromatic heterocycles. The van der Waals surface area contributed by atoms with Crippen molar-refractivity contribution in [3.05, 3.63) is 17.8 Å². The summed E-state index contributed by atoms with van der Waals surface area (Å²) in [6.45, 7) is -1.59. The van der Waals surface area contributed by atoms with E-state index in [1.807, 2.05) is 0 Å². The van der Waals surface area contributed by atoms with Crippen molar-refractivity contribution in [3.8, 4) is 0 Å². The lowest BCUT2D eigenvalue weighted by atomic mass is 10.4. The Hall–Kier alpha value is -0.750. The summed E-state index contributed by atoms with van der Waals surface area (Å²) < 4.78 is 44.2. The summed E-state index contributed by atoms with van der Waals surface area (Å²) in [6, 6.07) is 0. The lowest BCUT2D eigenvalue weighted by molar-refractivity contribution is -0.177. The van der Waals surface area contributed by atoms with Crippen LogP contribution in [0.1, 0.15) is 11.5 Å². The zero-order valence-electron chi connectivity index (χ0n) is 6.97. The van der Waals surface area contributed by atoms with E-state index in [4.69, 9.17) is 16.0 Å². The van der Waals surface area contributed by atoms with Gasteiger partial charge in [0.1, 0.15) is 13.2 Å². The third-order valence-electron chi connectivity index (χ3n) is 1.35. The Bertz CT molecular complexity index is 287. The number of oxazole rings is 1. The Labute approximate surface area is 82.8 Å². The van der Waals surface area contributed by atoms with Crippen molar-refractivity contribution in [1.82, 2.24) is 4.98 Å². The molecule has 80 valence electrons. The highest BCUT2D eigenvalue weighted by molar-refractivity contribution is 6.16. The molecule has 0 atom stereocenters. The molecule has 0 fully saturated rings. The first-order valence-corrected chi connectivity index (χ1v) is 4.18. The number of ether oxygens (including phenoxy) is 1. The van der Waals surface area contributed by atoms with Crippen LogP contribution in [0.5, 0.6) is 0 Å². The monoisotopic (exact) mass is 229 g/mol. The fourth-order valence-corrected chi connectivity index (χ4v) is 0.997. The third kappa shape index (κ3) is 3.55. The van der Waals surface area contributed by atoms with Crippen LogP contribution in [0.2, 0.25) is 0 Å². The Morgan fingerprint density at radius 1 is 1.50 bits per heavy atom. The molecule has 0 bridgehead atoms. The van der Waals surface area contributed by atoms with E-state index in [0.29, 0.717) is 5.69 Å². The molecule has 0 aromatic carbocycles. The summed E-state index contributed by atoms with van der Waals surface area (Å²) in [6.07, 6.45) is -3.22. The SMILES string of the molecule is FC(F)(F)COCc1ocnc1CCl. The van der Waals surface area contributed by atoms with Crippen LogP contribution in [0.25, 0.3) is 0 Å². The van der Waals surface area contributed by atoms with E-state index in [1.165, 1.54) is 0 Å². The maximum absolute atomic E-state index is 11.7. The van der Waals surface area contributed by atoms with Gasteiger partial charge >= 0.3 is 6.18 Å². The van der Waals surface area contributed by atoms with E-state index in [9.17, 15) is 13.2 Å². The maximum Gasteiger partial charge on any atom is 0.411 e. The van der Waals surface area contributed by atoms with Gasteiger partial charge in [0.2, 0.25) is 0 Å². The second-order valence-electron chi connectivity index (χ2n) is 2.46. The molecule has 0 N–H and O–H groups in total. The zero-order chi connectivity index (χ0) is 10.6. The second-order valence-corrected chi connectivity index (χ2v) is 2.73. The average molecular weight is 230 g/mol. The molecule has 0 aliphatic carbocycles. The first-order chi connectivity index (χ1) is 6.53. The quantitative estimate of drug-likeness (QED) is 0.744. The number of hydrogen-bond acceptors (Lipinski definition) is 3. The zero-order valence-corrected chi connectivity index (χ0v) is 7.73. The molecule has 7 heteroatoms. The summed E-state index contributed by atoms with van der Waals surface area (Å²) in [5.41, 5.74) is 0.397. The number of alkyl halides is 4. The molecule has 0 unspecified atom stereocenters. The molecule has 0 aliphatic rings. The second kappa shape index (κ2) is 4.65. The van der Waals surface area contributed by atoms with E-state index in [0.717, 1.165) is 6.39 Å². The van der Waals surface area contributed by atoms with Gasteiger partial charge in [0.05, 0.1) is 11.6 Å². The van der Waals surface area contributed by atoms with Crippen molar-refractivity contribution in [2.24, 2.45) is 0 Å². The Balaban J connectivity index is 2.38. The van der Waals surface area contributed by atoms with Crippen molar-refractivity contribution >= 4 is 11.6 Å². The van der Waals surface area contributed by atoms with Crippen molar-refractivity contribution < 1.29 is 22.3 Å². The summed E-state index contributed by atoms with van der Waals surface area (Å²) in [7, 11) is 0.